The summed E-state index contributed by atoms with van der Waals surface area (Å²) in [7, 11) is 0. The van der Waals surface area contributed by atoms with Gasteiger partial charge < -0.3 is 4.74 Å². The Balaban J connectivity index is 2.90. The molecule has 14 heavy (non-hydrogen) atoms. The standard InChI is InChI=1S/C10H15NO2S/c1-5-13-8(4)10-11-6(2)9(14-10)7(3)12/h8H,5H2,1-4H3. The fraction of sp³-hybridized carbons (Fsp3) is 0.600. The molecule has 0 aromatic carbocycles. The van der Waals surface area contributed by atoms with Gasteiger partial charge in [0.25, 0.3) is 0 Å². The summed E-state index contributed by atoms with van der Waals surface area (Å²) in [5, 5.41) is 0.884. The summed E-state index contributed by atoms with van der Waals surface area (Å²) >= 11 is 1.43. The van der Waals surface area contributed by atoms with Crippen molar-refractivity contribution in [2.24, 2.45) is 0 Å². The van der Waals surface area contributed by atoms with Crippen LogP contribution in [0.2, 0.25) is 0 Å². The van der Waals surface area contributed by atoms with E-state index in [9.17, 15) is 4.79 Å². The maximum atomic E-state index is 11.2. The molecule has 1 aromatic heterocycles. The molecule has 0 spiro atoms. The summed E-state index contributed by atoms with van der Waals surface area (Å²) in [5.41, 5.74) is 0.809. The topological polar surface area (TPSA) is 39.2 Å². The molecule has 1 heterocycles. The van der Waals surface area contributed by atoms with E-state index in [1.807, 2.05) is 20.8 Å². The average Bonchev–Trinajstić information content (AvgIpc) is 2.48. The van der Waals surface area contributed by atoms with Crippen molar-refractivity contribution in [2.45, 2.75) is 33.8 Å². The molecule has 1 unspecified atom stereocenters. The summed E-state index contributed by atoms with van der Waals surface area (Å²) in [6.45, 7) is 7.98. The lowest BCUT2D eigenvalue weighted by molar-refractivity contribution is 0.0761. The number of ketones is 1. The van der Waals surface area contributed by atoms with Crippen LogP contribution in [0.15, 0.2) is 0 Å². The number of carbonyl (C=O) groups excluding carboxylic acids is 1. The lowest BCUT2D eigenvalue weighted by Crippen LogP contribution is -1.98. The highest BCUT2D eigenvalue weighted by atomic mass is 32.1. The molecule has 0 aliphatic carbocycles. The minimum atomic E-state index is -0.0169. The number of rotatable bonds is 4. The van der Waals surface area contributed by atoms with Crippen LogP contribution in [-0.2, 0) is 4.74 Å². The summed E-state index contributed by atoms with van der Waals surface area (Å²) < 4.78 is 5.41. The van der Waals surface area contributed by atoms with Crippen LogP contribution < -0.4 is 0 Å². The number of carbonyl (C=O) groups is 1. The van der Waals surface area contributed by atoms with Crippen molar-refractivity contribution in [3.63, 3.8) is 0 Å². The largest absolute Gasteiger partial charge is 0.372 e. The second-order valence-corrected chi connectivity index (χ2v) is 4.15. The van der Waals surface area contributed by atoms with Crippen molar-refractivity contribution in [1.82, 2.24) is 4.98 Å². The normalized spacial score (nSPS) is 12.9. The Bertz CT molecular complexity index is 333. The van der Waals surface area contributed by atoms with Crippen molar-refractivity contribution in [2.75, 3.05) is 6.61 Å². The predicted octanol–water partition coefficient (Wildman–Crippen LogP) is 2.75. The van der Waals surface area contributed by atoms with Crippen LogP contribution in [0.3, 0.4) is 0 Å². The number of hydrogen-bond acceptors (Lipinski definition) is 4. The molecule has 1 aromatic rings. The minimum absolute atomic E-state index is 0.0169. The Morgan fingerprint density at radius 3 is 2.71 bits per heavy atom. The molecule has 3 nitrogen and oxygen atoms in total. The Morgan fingerprint density at radius 1 is 1.64 bits per heavy atom. The van der Waals surface area contributed by atoms with Crippen LogP contribution in [0.25, 0.3) is 0 Å². The number of aryl methyl sites for hydroxylation is 1. The van der Waals surface area contributed by atoms with E-state index in [2.05, 4.69) is 4.98 Å². The SMILES string of the molecule is CCOC(C)c1nc(C)c(C(C)=O)s1. The molecule has 0 amide bonds. The molecule has 0 aliphatic heterocycles. The third-order valence-electron chi connectivity index (χ3n) is 1.90. The van der Waals surface area contributed by atoms with E-state index in [-0.39, 0.29) is 11.9 Å². The van der Waals surface area contributed by atoms with E-state index in [1.165, 1.54) is 11.3 Å². The summed E-state index contributed by atoms with van der Waals surface area (Å²) in [6, 6.07) is 0. The van der Waals surface area contributed by atoms with E-state index in [4.69, 9.17) is 4.74 Å². The van der Waals surface area contributed by atoms with Gasteiger partial charge in [-0.05, 0) is 20.8 Å². The van der Waals surface area contributed by atoms with Crippen molar-refractivity contribution in [1.29, 1.82) is 0 Å². The molecule has 0 bridgehead atoms. The lowest BCUT2D eigenvalue weighted by atomic mass is 10.3. The minimum Gasteiger partial charge on any atom is -0.372 e. The van der Waals surface area contributed by atoms with Crippen LogP contribution in [0.5, 0.6) is 0 Å². The predicted molar refractivity (Wildman–Crippen MR) is 56.9 cm³/mol. The Hall–Kier alpha value is -0.740. The van der Waals surface area contributed by atoms with Crippen molar-refractivity contribution in [3.05, 3.63) is 15.6 Å². The zero-order valence-corrected chi connectivity index (χ0v) is 9.77. The molecule has 0 aliphatic rings. The number of hydrogen-bond donors (Lipinski definition) is 0. The van der Waals surface area contributed by atoms with Gasteiger partial charge in [0.1, 0.15) is 11.1 Å². The van der Waals surface area contributed by atoms with E-state index in [0.717, 1.165) is 15.6 Å². The first-order valence-corrected chi connectivity index (χ1v) is 5.47. The van der Waals surface area contributed by atoms with E-state index in [0.29, 0.717) is 6.61 Å². The van der Waals surface area contributed by atoms with Crippen molar-refractivity contribution < 1.29 is 9.53 Å². The highest BCUT2D eigenvalue weighted by Gasteiger charge is 2.15. The van der Waals surface area contributed by atoms with Gasteiger partial charge in [0, 0.05) is 13.5 Å². The maximum Gasteiger partial charge on any atom is 0.171 e. The third-order valence-corrected chi connectivity index (χ3v) is 3.32. The van der Waals surface area contributed by atoms with Gasteiger partial charge in [0.2, 0.25) is 0 Å². The Kier molecular flexibility index (Phi) is 3.77. The summed E-state index contributed by atoms with van der Waals surface area (Å²) in [5.74, 6) is 0.0787. The molecular formula is C10H15NO2S. The first-order chi connectivity index (χ1) is 6.56. The van der Waals surface area contributed by atoms with E-state index in [1.54, 1.807) is 6.92 Å². The highest BCUT2D eigenvalue weighted by Crippen LogP contribution is 2.25. The molecule has 1 atom stereocenters. The molecule has 0 N–H and O–H groups in total. The maximum absolute atomic E-state index is 11.2. The molecule has 78 valence electrons. The van der Waals surface area contributed by atoms with Gasteiger partial charge in [-0.25, -0.2) is 4.98 Å². The van der Waals surface area contributed by atoms with Gasteiger partial charge in [-0.1, -0.05) is 0 Å². The second-order valence-electron chi connectivity index (χ2n) is 3.12. The number of thiazole rings is 1. The average molecular weight is 213 g/mol. The van der Waals surface area contributed by atoms with Crippen LogP contribution in [-0.4, -0.2) is 17.4 Å². The number of aromatic nitrogens is 1. The van der Waals surface area contributed by atoms with Crippen molar-refractivity contribution in [3.8, 4) is 0 Å². The molecule has 0 radical (unpaired) electrons. The lowest BCUT2D eigenvalue weighted by Gasteiger charge is -2.06. The fourth-order valence-electron chi connectivity index (χ4n) is 1.24. The second kappa shape index (κ2) is 4.66. The Morgan fingerprint density at radius 2 is 2.29 bits per heavy atom. The monoisotopic (exact) mass is 213 g/mol. The van der Waals surface area contributed by atoms with Crippen molar-refractivity contribution >= 4 is 17.1 Å². The molecule has 0 fully saturated rings. The van der Waals surface area contributed by atoms with Gasteiger partial charge in [-0.15, -0.1) is 11.3 Å². The van der Waals surface area contributed by atoms with Crippen LogP contribution >= 0.6 is 11.3 Å². The molecule has 0 saturated heterocycles. The van der Waals surface area contributed by atoms with E-state index < -0.39 is 0 Å². The smallest absolute Gasteiger partial charge is 0.171 e. The zero-order chi connectivity index (χ0) is 10.7. The van der Waals surface area contributed by atoms with Crippen LogP contribution in [0.1, 0.15) is 47.2 Å². The van der Waals surface area contributed by atoms with Crippen LogP contribution in [0, 0.1) is 6.92 Å². The fourth-order valence-corrected chi connectivity index (χ4v) is 2.20. The highest BCUT2D eigenvalue weighted by molar-refractivity contribution is 7.13. The Labute approximate surface area is 88.1 Å². The quantitative estimate of drug-likeness (QED) is 0.722. The van der Waals surface area contributed by atoms with E-state index >= 15 is 0 Å². The summed E-state index contributed by atoms with van der Waals surface area (Å²) in [4.78, 5) is 16.3. The summed E-state index contributed by atoms with van der Waals surface area (Å²) in [6.07, 6.45) is -0.0169. The number of ether oxygens (including phenoxy) is 1. The van der Waals surface area contributed by atoms with Gasteiger partial charge in [0.05, 0.1) is 10.6 Å². The van der Waals surface area contributed by atoms with Gasteiger partial charge in [-0.3, -0.25) is 4.79 Å². The molecule has 1 rings (SSSR count). The van der Waals surface area contributed by atoms with Crippen LogP contribution in [0.4, 0.5) is 0 Å². The first kappa shape index (κ1) is 11.3. The van der Waals surface area contributed by atoms with Gasteiger partial charge in [0.15, 0.2) is 5.78 Å². The molecule has 0 saturated carbocycles. The third kappa shape index (κ3) is 2.39. The van der Waals surface area contributed by atoms with Gasteiger partial charge in [-0.2, -0.15) is 0 Å². The first-order valence-electron chi connectivity index (χ1n) is 4.66. The number of Topliss-reactive ketones (excluding diaryl/α,β-unsaturated/α-hetero) is 1. The molecular weight excluding hydrogens is 198 g/mol. The van der Waals surface area contributed by atoms with Gasteiger partial charge >= 0.3 is 0 Å². The molecule has 4 heteroatoms. The number of nitrogens with zero attached hydrogens (tertiary/aromatic N) is 1. The zero-order valence-electron chi connectivity index (χ0n) is 8.96.